The van der Waals surface area contributed by atoms with E-state index in [2.05, 4.69) is 24.1 Å². The van der Waals surface area contributed by atoms with E-state index in [0.29, 0.717) is 62.0 Å². The highest BCUT2D eigenvalue weighted by Crippen LogP contribution is 2.33. The van der Waals surface area contributed by atoms with E-state index in [1.807, 2.05) is 25.1 Å². The topological polar surface area (TPSA) is 76.2 Å². The first-order valence-corrected chi connectivity index (χ1v) is 15.7. The van der Waals surface area contributed by atoms with Gasteiger partial charge in [0.2, 0.25) is 17.7 Å². The third-order valence-electron chi connectivity index (χ3n) is 8.00. The Labute approximate surface area is 264 Å². The molecule has 2 atom stereocenters. The average molecular weight is 635 g/mol. The van der Waals surface area contributed by atoms with Crippen LogP contribution in [0.4, 0.5) is 10.1 Å². The van der Waals surface area contributed by atoms with Gasteiger partial charge in [0.15, 0.2) is 0 Å². The number of hydrogen-bond donors (Lipinski definition) is 1. The number of likely N-dealkylation sites (tertiary alicyclic amines) is 1. The third kappa shape index (κ3) is 8.61. The fraction of sp³-hybridized carbons (Fsp3) is 0.531. The molecule has 0 unspecified atom stereocenters. The van der Waals surface area contributed by atoms with Crippen molar-refractivity contribution in [2.24, 2.45) is 5.92 Å². The normalized spacial score (nSPS) is 17.1. The lowest BCUT2D eigenvalue weighted by Gasteiger charge is -2.40. The molecular formula is C32H42Cl2FN5O3. The van der Waals surface area contributed by atoms with Crippen LogP contribution in [0.1, 0.15) is 50.3 Å². The van der Waals surface area contributed by atoms with Crippen molar-refractivity contribution in [1.82, 2.24) is 20.0 Å². The molecule has 0 aromatic heterocycles. The molecule has 0 radical (unpaired) electrons. The molecule has 0 aliphatic carbocycles. The Kier molecular flexibility index (Phi) is 11.3. The van der Waals surface area contributed by atoms with Crippen LogP contribution in [0.15, 0.2) is 36.4 Å². The summed E-state index contributed by atoms with van der Waals surface area (Å²) in [5.41, 5.74) is 2.35. The summed E-state index contributed by atoms with van der Waals surface area (Å²) in [5, 5.41) is 4.10. The van der Waals surface area contributed by atoms with Gasteiger partial charge in [-0.25, -0.2) is 4.39 Å². The van der Waals surface area contributed by atoms with E-state index in [9.17, 15) is 18.8 Å². The number of piperazine rings is 1. The minimum atomic E-state index is -0.649. The van der Waals surface area contributed by atoms with Crippen molar-refractivity contribution >= 4 is 46.6 Å². The molecule has 4 rings (SSSR count). The summed E-state index contributed by atoms with van der Waals surface area (Å²) < 4.78 is 14.6. The molecule has 2 fully saturated rings. The van der Waals surface area contributed by atoms with E-state index in [0.717, 1.165) is 23.2 Å². The molecule has 0 saturated carbocycles. The highest BCUT2D eigenvalue weighted by atomic mass is 35.5. The molecule has 2 saturated heterocycles. The molecule has 0 bridgehead atoms. The summed E-state index contributed by atoms with van der Waals surface area (Å²) in [6.45, 7) is 6.90. The van der Waals surface area contributed by atoms with Gasteiger partial charge in [-0.2, -0.15) is 0 Å². The second-order valence-corrected chi connectivity index (χ2v) is 13.0. The molecule has 2 heterocycles. The number of carbonyl (C=O) groups excluding carboxylic acids is 3. The Balaban J connectivity index is 1.52. The molecule has 2 aromatic carbocycles. The SMILES string of the molecule is CC(C)C[C@H](NC(=O)CN(C)C)c1cc(F)ccc1N1CCN(C(=O)[C@@H](Cc2ccc(Cl)cc2Cl)N2CCCC2=O)CC1. The summed E-state index contributed by atoms with van der Waals surface area (Å²) in [5.74, 6) is -0.333. The zero-order valence-electron chi connectivity index (χ0n) is 25.4. The molecule has 2 aliphatic heterocycles. The fourth-order valence-electron chi connectivity index (χ4n) is 5.96. The third-order valence-corrected chi connectivity index (χ3v) is 8.59. The van der Waals surface area contributed by atoms with Crippen LogP contribution in [0.3, 0.4) is 0 Å². The van der Waals surface area contributed by atoms with Crippen molar-refractivity contribution in [3.05, 3.63) is 63.4 Å². The number of halogens is 3. The Morgan fingerprint density at radius 3 is 2.35 bits per heavy atom. The van der Waals surface area contributed by atoms with Crippen molar-refractivity contribution in [3.8, 4) is 0 Å². The first-order chi connectivity index (χ1) is 20.4. The van der Waals surface area contributed by atoms with Crippen molar-refractivity contribution in [1.29, 1.82) is 0 Å². The number of rotatable bonds is 11. The monoisotopic (exact) mass is 633 g/mol. The van der Waals surface area contributed by atoms with Crippen LogP contribution < -0.4 is 10.2 Å². The molecule has 2 aromatic rings. The molecule has 2 aliphatic rings. The van der Waals surface area contributed by atoms with Crippen LogP contribution >= 0.6 is 23.2 Å². The number of benzene rings is 2. The summed E-state index contributed by atoms with van der Waals surface area (Å²) in [6, 6.07) is 8.92. The van der Waals surface area contributed by atoms with Crippen molar-refractivity contribution in [2.75, 3.05) is 58.3 Å². The number of hydrogen-bond acceptors (Lipinski definition) is 5. The van der Waals surface area contributed by atoms with Crippen LogP contribution in [0, 0.1) is 11.7 Å². The summed E-state index contributed by atoms with van der Waals surface area (Å²) in [7, 11) is 3.67. The lowest BCUT2D eigenvalue weighted by Crippen LogP contribution is -2.56. The Morgan fingerprint density at radius 2 is 1.74 bits per heavy atom. The number of nitrogens with zero attached hydrogens (tertiary/aromatic N) is 4. The smallest absolute Gasteiger partial charge is 0.245 e. The Bertz CT molecular complexity index is 1320. The molecular weight excluding hydrogens is 592 g/mol. The molecule has 8 nitrogen and oxygen atoms in total. The lowest BCUT2D eigenvalue weighted by molar-refractivity contribution is -0.143. The van der Waals surface area contributed by atoms with Crippen LogP contribution in [0.2, 0.25) is 10.0 Å². The number of likely N-dealkylation sites (N-methyl/N-ethyl adjacent to an activating group) is 1. The predicted molar refractivity (Wildman–Crippen MR) is 169 cm³/mol. The molecule has 234 valence electrons. The predicted octanol–water partition coefficient (Wildman–Crippen LogP) is 4.78. The minimum absolute atomic E-state index is 0.0227. The molecule has 1 N–H and O–H groups in total. The standard InChI is InChI=1S/C32H42Cl2FN5O3/c1-21(2)16-27(36-30(41)20-37(3)4)25-19-24(35)9-10-28(25)38-12-14-39(15-13-38)32(43)29(40-11-5-6-31(40)42)17-22-7-8-23(33)18-26(22)34/h7-10,18-19,21,27,29H,5-6,11-17,20H2,1-4H3,(H,36,41)/t27-,29+/m0/s1. The van der Waals surface area contributed by atoms with Gasteiger partial charge in [-0.3, -0.25) is 14.4 Å². The van der Waals surface area contributed by atoms with Crippen LogP contribution in [0.5, 0.6) is 0 Å². The zero-order chi connectivity index (χ0) is 31.3. The number of amides is 3. The summed E-state index contributed by atoms with van der Waals surface area (Å²) >= 11 is 12.5. The van der Waals surface area contributed by atoms with E-state index in [-0.39, 0.29) is 42.0 Å². The Hall–Kier alpha value is -2.88. The maximum atomic E-state index is 14.6. The van der Waals surface area contributed by atoms with Gasteiger partial charge in [0.05, 0.1) is 12.6 Å². The number of nitrogens with one attached hydrogen (secondary N) is 1. The van der Waals surface area contributed by atoms with Gasteiger partial charge < -0.3 is 24.9 Å². The maximum absolute atomic E-state index is 14.6. The van der Waals surface area contributed by atoms with Gasteiger partial charge in [0.25, 0.3) is 0 Å². The largest absolute Gasteiger partial charge is 0.368 e. The molecule has 43 heavy (non-hydrogen) atoms. The molecule has 3 amide bonds. The van der Waals surface area contributed by atoms with E-state index in [1.165, 1.54) is 12.1 Å². The second-order valence-electron chi connectivity index (χ2n) is 12.1. The van der Waals surface area contributed by atoms with Gasteiger partial charge in [-0.1, -0.05) is 43.1 Å². The quantitative estimate of drug-likeness (QED) is 0.385. The Morgan fingerprint density at radius 1 is 1.02 bits per heavy atom. The van der Waals surface area contributed by atoms with Crippen molar-refractivity contribution < 1.29 is 18.8 Å². The molecule has 11 heteroatoms. The van der Waals surface area contributed by atoms with E-state index < -0.39 is 6.04 Å². The lowest BCUT2D eigenvalue weighted by atomic mass is 9.94. The van der Waals surface area contributed by atoms with Crippen LogP contribution in [-0.2, 0) is 20.8 Å². The first-order valence-electron chi connectivity index (χ1n) is 14.9. The maximum Gasteiger partial charge on any atom is 0.245 e. The number of anilines is 1. The first kappa shape index (κ1) is 33.0. The highest BCUT2D eigenvalue weighted by molar-refractivity contribution is 6.35. The minimum Gasteiger partial charge on any atom is -0.368 e. The zero-order valence-corrected chi connectivity index (χ0v) is 26.9. The molecule has 0 spiro atoms. The van der Waals surface area contributed by atoms with E-state index in [1.54, 1.807) is 28.0 Å². The van der Waals surface area contributed by atoms with Gasteiger partial charge in [0, 0.05) is 66.9 Å². The van der Waals surface area contributed by atoms with Crippen molar-refractivity contribution in [3.63, 3.8) is 0 Å². The van der Waals surface area contributed by atoms with E-state index >= 15 is 0 Å². The van der Waals surface area contributed by atoms with Gasteiger partial charge >= 0.3 is 0 Å². The highest BCUT2D eigenvalue weighted by Gasteiger charge is 2.37. The van der Waals surface area contributed by atoms with Gasteiger partial charge in [0.1, 0.15) is 11.9 Å². The van der Waals surface area contributed by atoms with Crippen LogP contribution in [-0.4, -0.2) is 91.8 Å². The van der Waals surface area contributed by atoms with Gasteiger partial charge in [-0.15, -0.1) is 0 Å². The number of carbonyl (C=O) groups is 3. The van der Waals surface area contributed by atoms with Crippen molar-refractivity contribution in [2.45, 2.75) is 51.6 Å². The van der Waals surface area contributed by atoms with Crippen LogP contribution in [0.25, 0.3) is 0 Å². The fourth-order valence-corrected chi connectivity index (χ4v) is 6.44. The van der Waals surface area contributed by atoms with Gasteiger partial charge in [-0.05, 0) is 68.8 Å². The summed E-state index contributed by atoms with van der Waals surface area (Å²) in [4.78, 5) is 46.9. The second kappa shape index (κ2) is 14.7. The summed E-state index contributed by atoms with van der Waals surface area (Å²) in [6.07, 6.45) is 2.13. The average Bonchev–Trinajstić information content (AvgIpc) is 3.36. The van der Waals surface area contributed by atoms with E-state index in [4.69, 9.17) is 23.2 Å².